The number of carbonyl (C=O) groups excluding carboxylic acids is 3. The van der Waals surface area contributed by atoms with Crippen molar-refractivity contribution in [3.05, 3.63) is 21.4 Å². The number of imide groups is 1. The van der Waals surface area contributed by atoms with Gasteiger partial charge in [-0.2, -0.15) is 0 Å². The van der Waals surface area contributed by atoms with Gasteiger partial charge in [0.25, 0.3) is 5.91 Å². The number of fused-ring (bicyclic) bond motifs is 1. The zero-order valence-electron chi connectivity index (χ0n) is 13.6. The second-order valence-corrected chi connectivity index (χ2v) is 7.30. The van der Waals surface area contributed by atoms with Crippen LogP contribution >= 0.6 is 11.3 Å². The molecule has 126 valence electrons. The first-order valence-corrected chi connectivity index (χ1v) is 8.56. The Labute approximate surface area is 139 Å². The van der Waals surface area contributed by atoms with Crippen molar-refractivity contribution >= 4 is 29.2 Å². The van der Waals surface area contributed by atoms with Crippen molar-refractivity contribution in [2.75, 3.05) is 6.61 Å². The van der Waals surface area contributed by atoms with Gasteiger partial charge in [-0.25, -0.2) is 9.59 Å². The van der Waals surface area contributed by atoms with E-state index in [1.807, 2.05) is 6.07 Å². The number of nitrogens with one attached hydrogen (secondary N) is 2. The SMILES string of the molecule is CC(C)NC(=O)NC(=O)COC(=O)c1cc2c(s1)CC[C@@H](C)C2. The van der Waals surface area contributed by atoms with Gasteiger partial charge in [0.15, 0.2) is 6.61 Å². The highest BCUT2D eigenvalue weighted by Crippen LogP contribution is 2.32. The second-order valence-electron chi connectivity index (χ2n) is 6.16. The quantitative estimate of drug-likeness (QED) is 0.825. The van der Waals surface area contributed by atoms with Gasteiger partial charge in [-0.1, -0.05) is 6.92 Å². The van der Waals surface area contributed by atoms with Crippen molar-refractivity contribution in [1.29, 1.82) is 0 Å². The summed E-state index contributed by atoms with van der Waals surface area (Å²) < 4.78 is 4.98. The van der Waals surface area contributed by atoms with Crippen LogP contribution in [0, 0.1) is 5.92 Å². The molecule has 1 aromatic rings. The van der Waals surface area contributed by atoms with Gasteiger partial charge in [0.1, 0.15) is 4.88 Å². The number of aryl methyl sites for hydroxylation is 1. The maximum atomic E-state index is 12.0. The number of urea groups is 1. The number of ether oxygens (including phenoxy) is 1. The fourth-order valence-electron chi connectivity index (χ4n) is 2.47. The predicted octanol–water partition coefficient (Wildman–Crippen LogP) is 2.26. The van der Waals surface area contributed by atoms with E-state index in [0.29, 0.717) is 10.8 Å². The van der Waals surface area contributed by atoms with Crippen LogP contribution < -0.4 is 10.6 Å². The lowest BCUT2D eigenvalue weighted by Crippen LogP contribution is -2.44. The van der Waals surface area contributed by atoms with Crippen LogP contribution in [0.25, 0.3) is 0 Å². The van der Waals surface area contributed by atoms with Crippen LogP contribution in [0.1, 0.15) is 47.3 Å². The maximum absolute atomic E-state index is 12.0. The van der Waals surface area contributed by atoms with E-state index in [0.717, 1.165) is 19.3 Å². The zero-order chi connectivity index (χ0) is 17.0. The van der Waals surface area contributed by atoms with Gasteiger partial charge in [0.05, 0.1) is 0 Å². The molecule has 0 aromatic carbocycles. The molecule has 0 aliphatic heterocycles. The smallest absolute Gasteiger partial charge is 0.348 e. The normalized spacial score (nSPS) is 16.6. The van der Waals surface area contributed by atoms with Gasteiger partial charge in [0.2, 0.25) is 0 Å². The van der Waals surface area contributed by atoms with Crippen molar-refractivity contribution in [3.63, 3.8) is 0 Å². The van der Waals surface area contributed by atoms with E-state index in [2.05, 4.69) is 17.6 Å². The maximum Gasteiger partial charge on any atom is 0.348 e. The van der Waals surface area contributed by atoms with E-state index in [4.69, 9.17) is 4.74 Å². The van der Waals surface area contributed by atoms with E-state index >= 15 is 0 Å². The van der Waals surface area contributed by atoms with E-state index < -0.39 is 24.5 Å². The molecular weight excluding hydrogens is 316 g/mol. The third-order valence-electron chi connectivity index (χ3n) is 3.54. The van der Waals surface area contributed by atoms with Crippen LogP contribution in [0.15, 0.2) is 6.07 Å². The molecule has 0 saturated carbocycles. The Morgan fingerprint density at radius 2 is 2.13 bits per heavy atom. The molecule has 1 aliphatic rings. The summed E-state index contributed by atoms with van der Waals surface area (Å²) >= 11 is 1.43. The molecular formula is C16H22N2O4S. The zero-order valence-corrected chi connectivity index (χ0v) is 14.4. The largest absolute Gasteiger partial charge is 0.451 e. The number of thiophene rings is 1. The summed E-state index contributed by atoms with van der Waals surface area (Å²) in [6, 6.07) is 1.19. The van der Waals surface area contributed by atoms with E-state index in [1.54, 1.807) is 13.8 Å². The molecule has 0 radical (unpaired) electrons. The van der Waals surface area contributed by atoms with E-state index in [9.17, 15) is 14.4 Å². The molecule has 1 aliphatic carbocycles. The Bertz CT molecular complexity index is 609. The first kappa shape index (κ1) is 17.5. The first-order chi connectivity index (χ1) is 10.8. The molecule has 0 saturated heterocycles. The third-order valence-corrected chi connectivity index (χ3v) is 4.75. The molecule has 23 heavy (non-hydrogen) atoms. The van der Waals surface area contributed by atoms with Gasteiger partial charge in [-0.3, -0.25) is 10.1 Å². The lowest BCUT2D eigenvalue weighted by molar-refractivity contribution is -0.123. The highest BCUT2D eigenvalue weighted by atomic mass is 32.1. The number of carbonyl (C=O) groups is 3. The van der Waals surface area contributed by atoms with E-state index in [1.165, 1.54) is 21.8 Å². The first-order valence-electron chi connectivity index (χ1n) is 7.74. The van der Waals surface area contributed by atoms with Crippen LogP contribution in [0.2, 0.25) is 0 Å². The summed E-state index contributed by atoms with van der Waals surface area (Å²) in [7, 11) is 0. The Hall–Kier alpha value is -1.89. The van der Waals surface area contributed by atoms with Gasteiger partial charge in [-0.05, 0) is 50.7 Å². The molecule has 7 heteroatoms. The molecule has 1 atom stereocenters. The summed E-state index contributed by atoms with van der Waals surface area (Å²) in [6.07, 6.45) is 3.11. The highest BCUT2D eigenvalue weighted by Gasteiger charge is 2.22. The lowest BCUT2D eigenvalue weighted by Gasteiger charge is -2.16. The molecule has 0 bridgehead atoms. The fourth-order valence-corrected chi connectivity index (χ4v) is 3.57. The summed E-state index contributed by atoms with van der Waals surface area (Å²) in [5, 5.41) is 4.63. The molecule has 0 spiro atoms. The van der Waals surface area contributed by atoms with Crippen molar-refractivity contribution in [2.24, 2.45) is 5.92 Å². The van der Waals surface area contributed by atoms with Crippen molar-refractivity contribution in [3.8, 4) is 0 Å². The third kappa shape index (κ3) is 5.06. The van der Waals surface area contributed by atoms with Crippen LogP contribution in [0.4, 0.5) is 4.79 Å². The lowest BCUT2D eigenvalue weighted by atomic mass is 9.90. The minimum Gasteiger partial charge on any atom is -0.451 e. The number of amides is 3. The Morgan fingerprint density at radius 1 is 1.39 bits per heavy atom. The standard InChI is InChI=1S/C16H22N2O4S/c1-9(2)17-16(21)18-14(19)8-22-15(20)13-7-11-6-10(3)4-5-12(11)23-13/h7,9-10H,4-6,8H2,1-3H3,(H2,17,18,19,21)/t10-/m1/s1. The van der Waals surface area contributed by atoms with Gasteiger partial charge in [-0.15, -0.1) is 11.3 Å². The van der Waals surface area contributed by atoms with Crippen LogP contribution in [-0.2, 0) is 22.4 Å². The Morgan fingerprint density at radius 3 is 2.83 bits per heavy atom. The van der Waals surface area contributed by atoms with Crippen molar-refractivity contribution in [2.45, 2.75) is 46.1 Å². The second kappa shape index (κ2) is 7.59. The summed E-state index contributed by atoms with van der Waals surface area (Å²) in [6.45, 7) is 5.29. The molecule has 2 N–H and O–H groups in total. The van der Waals surface area contributed by atoms with Crippen molar-refractivity contribution in [1.82, 2.24) is 10.6 Å². The van der Waals surface area contributed by atoms with Gasteiger partial charge < -0.3 is 10.1 Å². The molecule has 0 unspecified atom stereocenters. The number of hydrogen-bond donors (Lipinski definition) is 2. The van der Waals surface area contributed by atoms with Crippen LogP contribution in [0.5, 0.6) is 0 Å². The van der Waals surface area contributed by atoms with Crippen molar-refractivity contribution < 1.29 is 19.1 Å². The molecule has 1 aromatic heterocycles. The van der Waals surface area contributed by atoms with Gasteiger partial charge >= 0.3 is 12.0 Å². The fraction of sp³-hybridized carbons (Fsp3) is 0.562. The minimum atomic E-state index is -0.647. The topological polar surface area (TPSA) is 84.5 Å². The number of esters is 1. The minimum absolute atomic E-state index is 0.0785. The Kier molecular flexibility index (Phi) is 5.76. The van der Waals surface area contributed by atoms with Crippen LogP contribution in [-0.4, -0.2) is 30.6 Å². The average Bonchev–Trinajstić information content (AvgIpc) is 2.86. The molecule has 3 amide bonds. The number of hydrogen-bond acceptors (Lipinski definition) is 5. The average molecular weight is 338 g/mol. The number of rotatable bonds is 4. The highest BCUT2D eigenvalue weighted by molar-refractivity contribution is 7.14. The molecule has 1 heterocycles. The van der Waals surface area contributed by atoms with Gasteiger partial charge in [0, 0.05) is 10.9 Å². The molecule has 6 nitrogen and oxygen atoms in total. The monoisotopic (exact) mass is 338 g/mol. The summed E-state index contributed by atoms with van der Waals surface area (Å²) in [5.74, 6) is -0.533. The van der Waals surface area contributed by atoms with Crippen LogP contribution in [0.3, 0.4) is 0 Å². The Balaban J connectivity index is 1.83. The molecule has 2 rings (SSSR count). The summed E-state index contributed by atoms with van der Waals surface area (Å²) in [5.41, 5.74) is 1.21. The summed E-state index contributed by atoms with van der Waals surface area (Å²) in [4.78, 5) is 36.7. The molecule has 0 fully saturated rings. The predicted molar refractivity (Wildman–Crippen MR) is 87.6 cm³/mol. The van der Waals surface area contributed by atoms with E-state index in [-0.39, 0.29) is 6.04 Å².